The van der Waals surface area contributed by atoms with Gasteiger partial charge in [-0.05, 0) is 188 Å². The molecule has 1 saturated carbocycles. The Labute approximate surface area is 408 Å². The second-order valence-corrected chi connectivity index (χ2v) is 21.9. The highest BCUT2D eigenvalue weighted by Crippen LogP contribution is 2.60. The minimum absolute atomic E-state index is 0.0380. The molecule has 2 nitrogen and oxygen atoms in total. The number of para-hydroxylation sites is 1. The van der Waals surface area contributed by atoms with Crippen molar-refractivity contribution in [3.05, 3.63) is 227 Å². The number of allylic oxidation sites excluding steroid dienone is 4. The minimum atomic E-state index is -0.103. The lowest BCUT2D eigenvalue weighted by molar-refractivity contribution is 0.550. The van der Waals surface area contributed by atoms with Crippen molar-refractivity contribution in [2.75, 3.05) is 9.80 Å². The number of rotatable bonds is 5. The predicted octanol–water partition coefficient (Wildman–Crippen LogP) is 18.2. The summed E-state index contributed by atoms with van der Waals surface area (Å²) in [6.07, 6.45) is 12.0. The van der Waals surface area contributed by atoms with Gasteiger partial charge >= 0.3 is 0 Å². The maximum atomic E-state index is 2.58. The average molecular weight is 891 g/mol. The Hall–Kier alpha value is -7.16. The van der Waals surface area contributed by atoms with Crippen LogP contribution in [0.25, 0.3) is 50.1 Å². The maximum Gasteiger partial charge on any atom is 0.0569 e. The van der Waals surface area contributed by atoms with Gasteiger partial charge in [0.15, 0.2) is 0 Å². The molecule has 0 aromatic heterocycles. The first kappa shape index (κ1) is 40.9. The summed E-state index contributed by atoms with van der Waals surface area (Å²) in [4.78, 5) is 5.11. The SMILES string of the molecule is CC1c2ccc(-c3ccc(N(c4ccc5c(c4)C(C)(C)c4ccccc4-5)c4ccc5c(c4)C4(CCCC4)c4ccccc4-5)cc3)cc2-c2cc3c(cc2N1c1ccccc1)C(C)(C)C1=C3CCC=C1. The molecular formula is C67H58N2. The first-order chi connectivity index (χ1) is 33.6. The fraction of sp³-hybridized carbons (Fsp3) is 0.224. The molecule has 0 N–H and O–H groups in total. The third-order valence-electron chi connectivity index (χ3n) is 17.7. The standard InChI is InChI=1S/C67H58N2/c1-42-49-32-27-44(37-55(49)57-40-56-52-21-10-13-23-59(52)66(4,5)62(56)41-64(57)68(42)45-17-7-6-8-18-45)43-25-28-46(29-26-43)69(47-30-33-53-50-19-9-12-22-58(50)65(2,3)61(53)38-47)48-31-34-54-51-20-11-14-24-60(51)67(63(54)39-48)35-15-16-36-67/h6-9,11-14,17-20,22-34,37-42H,10,15-16,21,35-36H2,1-5H3. The molecule has 6 aliphatic rings. The zero-order valence-corrected chi connectivity index (χ0v) is 40.5. The summed E-state index contributed by atoms with van der Waals surface area (Å²) in [6.45, 7) is 12.0. The highest BCUT2D eigenvalue weighted by atomic mass is 15.2. The van der Waals surface area contributed by atoms with E-state index in [4.69, 9.17) is 0 Å². The smallest absolute Gasteiger partial charge is 0.0569 e. The molecule has 14 rings (SSSR count). The number of nitrogens with zero attached hydrogens (tertiary/aromatic N) is 2. The van der Waals surface area contributed by atoms with Crippen molar-refractivity contribution in [3.63, 3.8) is 0 Å². The molecule has 8 aromatic rings. The molecule has 0 radical (unpaired) electrons. The van der Waals surface area contributed by atoms with E-state index in [1.807, 2.05) is 0 Å². The molecule has 69 heavy (non-hydrogen) atoms. The van der Waals surface area contributed by atoms with Crippen LogP contribution in [0.3, 0.4) is 0 Å². The molecule has 1 spiro atoms. The van der Waals surface area contributed by atoms with Crippen molar-refractivity contribution in [1.82, 2.24) is 0 Å². The minimum Gasteiger partial charge on any atom is -0.334 e. The zero-order valence-electron chi connectivity index (χ0n) is 40.5. The lowest BCUT2D eigenvalue weighted by Crippen LogP contribution is -2.27. The van der Waals surface area contributed by atoms with Gasteiger partial charge in [0.25, 0.3) is 0 Å². The lowest BCUT2D eigenvalue weighted by Gasteiger charge is -2.40. The topological polar surface area (TPSA) is 6.48 Å². The number of hydrogen-bond donors (Lipinski definition) is 0. The van der Waals surface area contributed by atoms with E-state index >= 15 is 0 Å². The Morgan fingerprint density at radius 2 is 1.09 bits per heavy atom. The first-order valence-electron chi connectivity index (χ1n) is 25.6. The van der Waals surface area contributed by atoms with Crippen molar-refractivity contribution in [2.24, 2.45) is 0 Å². The molecule has 1 unspecified atom stereocenters. The summed E-state index contributed by atoms with van der Waals surface area (Å²) < 4.78 is 0. The van der Waals surface area contributed by atoms with Crippen LogP contribution in [0.15, 0.2) is 188 Å². The van der Waals surface area contributed by atoms with Gasteiger partial charge in [0, 0.05) is 50.2 Å². The van der Waals surface area contributed by atoms with Crippen molar-refractivity contribution in [2.45, 2.75) is 95.4 Å². The van der Waals surface area contributed by atoms with Gasteiger partial charge in [-0.3, -0.25) is 0 Å². The fourth-order valence-electron chi connectivity index (χ4n) is 14.3. The van der Waals surface area contributed by atoms with E-state index in [1.165, 1.54) is 149 Å². The number of hydrogen-bond acceptors (Lipinski definition) is 2. The third kappa shape index (κ3) is 5.72. The van der Waals surface area contributed by atoms with E-state index < -0.39 is 0 Å². The molecule has 1 atom stereocenters. The molecular weight excluding hydrogens is 833 g/mol. The van der Waals surface area contributed by atoms with Crippen LogP contribution in [-0.4, -0.2) is 0 Å². The normalized spacial score (nSPS) is 18.8. The largest absolute Gasteiger partial charge is 0.334 e. The van der Waals surface area contributed by atoms with Crippen molar-refractivity contribution < 1.29 is 0 Å². The summed E-state index contributed by atoms with van der Waals surface area (Å²) >= 11 is 0. The van der Waals surface area contributed by atoms with Gasteiger partial charge in [-0.15, -0.1) is 0 Å². The molecule has 2 heteroatoms. The van der Waals surface area contributed by atoms with Crippen LogP contribution in [0.1, 0.15) is 118 Å². The molecule has 336 valence electrons. The highest BCUT2D eigenvalue weighted by Gasteiger charge is 2.46. The van der Waals surface area contributed by atoms with Crippen molar-refractivity contribution >= 4 is 34.0 Å². The maximum absolute atomic E-state index is 2.58. The molecule has 0 bridgehead atoms. The quantitative estimate of drug-likeness (QED) is 0.170. The lowest BCUT2D eigenvalue weighted by atomic mass is 9.76. The van der Waals surface area contributed by atoms with E-state index in [0.29, 0.717) is 0 Å². The van der Waals surface area contributed by atoms with Gasteiger partial charge in [0.05, 0.1) is 6.04 Å². The van der Waals surface area contributed by atoms with Crippen LogP contribution < -0.4 is 9.80 Å². The Balaban J connectivity index is 0.897. The average Bonchev–Trinajstić information content (AvgIpc) is 4.11. The second-order valence-electron chi connectivity index (χ2n) is 21.9. The summed E-state index contributed by atoms with van der Waals surface area (Å²) in [5.41, 5.74) is 29.9. The third-order valence-corrected chi connectivity index (χ3v) is 17.7. The van der Waals surface area contributed by atoms with E-state index in [9.17, 15) is 0 Å². The molecule has 1 heterocycles. The molecule has 0 saturated heterocycles. The van der Waals surface area contributed by atoms with Crippen LogP contribution >= 0.6 is 0 Å². The molecule has 8 aromatic carbocycles. The van der Waals surface area contributed by atoms with E-state index in [2.05, 4.69) is 226 Å². The number of fused-ring (bicyclic) bond motifs is 13. The molecule has 1 aliphatic heterocycles. The first-order valence-corrected chi connectivity index (χ1v) is 25.6. The molecule has 0 amide bonds. The van der Waals surface area contributed by atoms with Crippen LogP contribution in [0.2, 0.25) is 0 Å². The van der Waals surface area contributed by atoms with Gasteiger partial charge < -0.3 is 9.80 Å². The zero-order chi connectivity index (χ0) is 46.4. The Morgan fingerprint density at radius 1 is 0.478 bits per heavy atom. The Morgan fingerprint density at radius 3 is 1.84 bits per heavy atom. The number of anilines is 5. The highest BCUT2D eigenvalue weighted by molar-refractivity contribution is 5.96. The summed E-state index contributed by atoms with van der Waals surface area (Å²) in [5, 5.41) is 0. The van der Waals surface area contributed by atoms with Crippen LogP contribution in [0, 0.1) is 0 Å². The predicted molar refractivity (Wildman–Crippen MR) is 290 cm³/mol. The Kier molecular flexibility index (Phi) is 8.69. The Bertz CT molecular complexity index is 3520. The molecule has 1 fully saturated rings. The second kappa shape index (κ2) is 14.7. The van der Waals surface area contributed by atoms with E-state index in [-0.39, 0.29) is 22.3 Å². The summed E-state index contributed by atoms with van der Waals surface area (Å²) in [7, 11) is 0. The van der Waals surface area contributed by atoms with Crippen LogP contribution in [0.5, 0.6) is 0 Å². The summed E-state index contributed by atoms with van der Waals surface area (Å²) in [6, 6.07) is 65.8. The fourth-order valence-corrected chi connectivity index (χ4v) is 14.3. The van der Waals surface area contributed by atoms with Crippen LogP contribution in [0.4, 0.5) is 28.4 Å². The van der Waals surface area contributed by atoms with Gasteiger partial charge in [-0.25, -0.2) is 0 Å². The number of benzene rings is 8. The van der Waals surface area contributed by atoms with E-state index in [0.717, 1.165) is 12.8 Å². The monoisotopic (exact) mass is 890 g/mol. The van der Waals surface area contributed by atoms with Crippen LogP contribution in [-0.2, 0) is 16.2 Å². The summed E-state index contributed by atoms with van der Waals surface area (Å²) in [5.74, 6) is 0. The van der Waals surface area contributed by atoms with Crippen molar-refractivity contribution in [1.29, 1.82) is 0 Å². The van der Waals surface area contributed by atoms with Gasteiger partial charge in [0.2, 0.25) is 0 Å². The molecule has 5 aliphatic carbocycles. The van der Waals surface area contributed by atoms with E-state index in [1.54, 1.807) is 0 Å². The van der Waals surface area contributed by atoms with Gasteiger partial charge in [-0.2, -0.15) is 0 Å². The van der Waals surface area contributed by atoms with Gasteiger partial charge in [0.1, 0.15) is 0 Å². The van der Waals surface area contributed by atoms with Crippen molar-refractivity contribution in [3.8, 4) is 44.5 Å². The van der Waals surface area contributed by atoms with Gasteiger partial charge in [-0.1, -0.05) is 156 Å².